The molecule has 1 atom stereocenters. The molecule has 0 radical (unpaired) electrons. The standard InChI is InChI=1S/C16H18N6OS/c1-8-12(15-21-13-9(2)18-5-3-11(13)24-15)14(17)22-16(19-8)20-10-4-6-23-7-10/h3,5,10H,4,6-7H2,1-2H3,(H3,17,19,20,22)/t10-/m1/s1. The van der Waals surface area contributed by atoms with E-state index >= 15 is 0 Å². The van der Waals surface area contributed by atoms with Crippen molar-refractivity contribution in [3.05, 3.63) is 23.7 Å². The molecule has 0 spiro atoms. The van der Waals surface area contributed by atoms with E-state index in [9.17, 15) is 0 Å². The third kappa shape index (κ3) is 2.67. The molecule has 4 rings (SSSR count). The minimum atomic E-state index is 0.242. The van der Waals surface area contributed by atoms with Crippen molar-refractivity contribution in [2.75, 3.05) is 24.3 Å². The van der Waals surface area contributed by atoms with Crippen molar-refractivity contribution in [1.29, 1.82) is 0 Å². The number of ether oxygens (including phenoxy) is 1. The van der Waals surface area contributed by atoms with Crippen molar-refractivity contribution in [3.63, 3.8) is 0 Å². The fourth-order valence-electron chi connectivity index (χ4n) is 2.84. The summed E-state index contributed by atoms with van der Waals surface area (Å²) in [6.45, 7) is 5.33. The molecule has 124 valence electrons. The molecule has 1 aliphatic heterocycles. The molecule has 1 aliphatic rings. The number of hydrogen-bond acceptors (Lipinski definition) is 8. The second kappa shape index (κ2) is 5.95. The van der Waals surface area contributed by atoms with Crippen LogP contribution in [-0.2, 0) is 4.74 Å². The summed E-state index contributed by atoms with van der Waals surface area (Å²) in [5.74, 6) is 0.983. The number of nitrogens with two attached hydrogens (primary N) is 1. The lowest BCUT2D eigenvalue weighted by Crippen LogP contribution is -2.21. The molecule has 0 unspecified atom stereocenters. The average molecular weight is 342 g/mol. The number of pyridine rings is 1. The predicted octanol–water partition coefficient (Wildman–Crippen LogP) is 2.55. The molecule has 24 heavy (non-hydrogen) atoms. The van der Waals surface area contributed by atoms with E-state index in [2.05, 4.69) is 20.3 Å². The van der Waals surface area contributed by atoms with Gasteiger partial charge in [0.1, 0.15) is 16.3 Å². The van der Waals surface area contributed by atoms with Crippen molar-refractivity contribution in [1.82, 2.24) is 19.9 Å². The molecular weight excluding hydrogens is 324 g/mol. The van der Waals surface area contributed by atoms with Crippen LogP contribution in [-0.4, -0.2) is 39.2 Å². The average Bonchev–Trinajstić information content (AvgIpc) is 3.16. The van der Waals surface area contributed by atoms with Crippen LogP contribution >= 0.6 is 11.3 Å². The van der Waals surface area contributed by atoms with E-state index in [1.807, 2.05) is 19.9 Å². The quantitative estimate of drug-likeness (QED) is 0.754. The number of fused-ring (bicyclic) bond motifs is 1. The highest BCUT2D eigenvalue weighted by Crippen LogP contribution is 2.35. The van der Waals surface area contributed by atoms with Gasteiger partial charge in [-0.25, -0.2) is 9.97 Å². The van der Waals surface area contributed by atoms with Crippen molar-refractivity contribution in [2.24, 2.45) is 0 Å². The second-order valence-electron chi connectivity index (χ2n) is 5.86. The molecule has 3 aromatic heterocycles. The Bertz CT molecular complexity index is 880. The first-order chi connectivity index (χ1) is 11.6. The van der Waals surface area contributed by atoms with E-state index in [-0.39, 0.29) is 6.04 Å². The summed E-state index contributed by atoms with van der Waals surface area (Å²) in [5, 5.41) is 4.11. The number of nitrogens with one attached hydrogen (secondary N) is 1. The highest BCUT2D eigenvalue weighted by molar-refractivity contribution is 7.21. The van der Waals surface area contributed by atoms with Gasteiger partial charge in [-0.05, 0) is 26.3 Å². The monoisotopic (exact) mass is 342 g/mol. The Morgan fingerprint density at radius 3 is 2.83 bits per heavy atom. The molecule has 0 aliphatic carbocycles. The summed E-state index contributed by atoms with van der Waals surface area (Å²) < 4.78 is 6.45. The number of nitrogens with zero attached hydrogens (tertiary/aromatic N) is 4. The SMILES string of the molecule is Cc1nc(N[C@@H]2CCOC2)nc(N)c1-c1nc2c(C)nccc2s1. The van der Waals surface area contributed by atoms with Gasteiger partial charge in [0.05, 0.1) is 34.3 Å². The van der Waals surface area contributed by atoms with Crippen LogP contribution in [0.25, 0.3) is 20.8 Å². The normalized spacial score (nSPS) is 17.5. The highest BCUT2D eigenvalue weighted by atomic mass is 32.1. The summed E-state index contributed by atoms with van der Waals surface area (Å²) in [7, 11) is 0. The number of rotatable bonds is 3. The van der Waals surface area contributed by atoms with E-state index in [1.165, 1.54) is 0 Å². The Hall–Kier alpha value is -2.32. The van der Waals surface area contributed by atoms with Gasteiger partial charge in [-0.1, -0.05) is 0 Å². The minimum Gasteiger partial charge on any atom is -0.383 e. The minimum absolute atomic E-state index is 0.242. The van der Waals surface area contributed by atoms with Crippen LogP contribution in [0.5, 0.6) is 0 Å². The fraction of sp³-hybridized carbons (Fsp3) is 0.375. The molecule has 3 aromatic rings. The van der Waals surface area contributed by atoms with Gasteiger partial charge >= 0.3 is 0 Å². The maximum Gasteiger partial charge on any atom is 0.225 e. The first-order valence-corrected chi connectivity index (χ1v) is 8.64. The molecule has 1 fully saturated rings. The van der Waals surface area contributed by atoms with Gasteiger partial charge < -0.3 is 15.8 Å². The summed E-state index contributed by atoms with van der Waals surface area (Å²) in [5.41, 5.74) is 9.64. The largest absolute Gasteiger partial charge is 0.383 e. The van der Waals surface area contributed by atoms with Crippen LogP contribution in [0.4, 0.5) is 11.8 Å². The Kier molecular flexibility index (Phi) is 3.78. The number of anilines is 2. The summed E-state index contributed by atoms with van der Waals surface area (Å²) >= 11 is 1.58. The van der Waals surface area contributed by atoms with Crippen LogP contribution in [0.3, 0.4) is 0 Å². The Morgan fingerprint density at radius 2 is 2.12 bits per heavy atom. The molecule has 4 heterocycles. The molecule has 7 nitrogen and oxygen atoms in total. The zero-order valence-electron chi connectivity index (χ0n) is 13.5. The van der Waals surface area contributed by atoms with E-state index in [0.29, 0.717) is 18.4 Å². The highest BCUT2D eigenvalue weighted by Gasteiger charge is 2.20. The van der Waals surface area contributed by atoms with E-state index < -0.39 is 0 Å². The van der Waals surface area contributed by atoms with Crippen LogP contribution in [0.15, 0.2) is 12.3 Å². The van der Waals surface area contributed by atoms with E-state index in [4.69, 9.17) is 15.5 Å². The molecule has 3 N–H and O–H groups in total. The number of aromatic nitrogens is 4. The fourth-order valence-corrected chi connectivity index (χ4v) is 3.96. The number of aryl methyl sites for hydroxylation is 2. The molecular formula is C16H18N6OS. The summed E-state index contributed by atoms with van der Waals surface area (Å²) in [6.07, 6.45) is 2.75. The number of nitrogen functional groups attached to an aromatic ring is 1. The third-order valence-electron chi connectivity index (χ3n) is 4.08. The summed E-state index contributed by atoms with van der Waals surface area (Å²) in [4.78, 5) is 18.0. The lowest BCUT2D eigenvalue weighted by atomic mass is 10.2. The smallest absolute Gasteiger partial charge is 0.225 e. The second-order valence-corrected chi connectivity index (χ2v) is 6.89. The molecule has 0 bridgehead atoms. The number of thiazole rings is 1. The Balaban J connectivity index is 1.72. The van der Waals surface area contributed by atoms with Gasteiger partial charge in [0.15, 0.2) is 0 Å². The van der Waals surface area contributed by atoms with E-state index in [1.54, 1.807) is 17.5 Å². The van der Waals surface area contributed by atoms with Gasteiger partial charge in [0.2, 0.25) is 5.95 Å². The van der Waals surface area contributed by atoms with Crippen molar-refractivity contribution >= 4 is 33.3 Å². The van der Waals surface area contributed by atoms with Gasteiger partial charge in [-0.15, -0.1) is 11.3 Å². The molecule has 0 saturated carbocycles. The van der Waals surface area contributed by atoms with E-state index in [0.717, 1.165) is 45.2 Å². The van der Waals surface area contributed by atoms with Gasteiger partial charge in [-0.3, -0.25) is 4.98 Å². The first-order valence-electron chi connectivity index (χ1n) is 7.82. The Morgan fingerprint density at radius 1 is 1.25 bits per heavy atom. The van der Waals surface area contributed by atoms with Crippen LogP contribution < -0.4 is 11.1 Å². The van der Waals surface area contributed by atoms with Crippen molar-refractivity contribution in [2.45, 2.75) is 26.3 Å². The lowest BCUT2D eigenvalue weighted by molar-refractivity contribution is 0.195. The van der Waals surface area contributed by atoms with Crippen LogP contribution in [0.2, 0.25) is 0 Å². The maximum atomic E-state index is 6.22. The lowest BCUT2D eigenvalue weighted by Gasteiger charge is -2.13. The molecule has 0 amide bonds. The van der Waals surface area contributed by atoms with Crippen molar-refractivity contribution < 1.29 is 4.74 Å². The van der Waals surface area contributed by atoms with Crippen LogP contribution in [0.1, 0.15) is 17.8 Å². The molecule has 0 aromatic carbocycles. The van der Waals surface area contributed by atoms with Crippen LogP contribution in [0, 0.1) is 13.8 Å². The molecule has 1 saturated heterocycles. The molecule has 8 heteroatoms. The van der Waals surface area contributed by atoms with Crippen molar-refractivity contribution in [3.8, 4) is 10.6 Å². The predicted molar refractivity (Wildman–Crippen MR) is 95.2 cm³/mol. The summed E-state index contributed by atoms with van der Waals surface area (Å²) in [6, 6.07) is 2.21. The van der Waals surface area contributed by atoms with Gasteiger partial charge in [0.25, 0.3) is 0 Å². The zero-order valence-corrected chi connectivity index (χ0v) is 14.4. The third-order valence-corrected chi connectivity index (χ3v) is 5.12. The topological polar surface area (TPSA) is 98.8 Å². The first kappa shape index (κ1) is 15.2. The number of hydrogen-bond donors (Lipinski definition) is 2. The van der Waals surface area contributed by atoms with Gasteiger partial charge in [0, 0.05) is 12.8 Å². The maximum absolute atomic E-state index is 6.22. The Labute approximate surface area is 143 Å². The zero-order chi connectivity index (χ0) is 16.7. The van der Waals surface area contributed by atoms with Gasteiger partial charge in [-0.2, -0.15) is 4.98 Å².